The Bertz CT molecular complexity index is 1280. The van der Waals surface area contributed by atoms with Crippen LogP contribution in [-0.2, 0) is 9.53 Å². The molecule has 6 nitrogen and oxygen atoms in total. The Kier molecular flexibility index (Phi) is 6.23. The number of aromatic nitrogens is 2. The van der Waals surface area contributed by atoms with Crippen molar-refractivity contribution in [1.29, 1.82) is 0 Å². The van der Waals surface area contributed by atoms with Gasteiger partial charge in [-0.3, -0.25) is 9.48 Å². The molecule has 0 saturated heterocycles. The van der Waals surface area contributed by atoms with Gasteiger partial charge in [0.05, 0.1) is 17.7 Å². The van der Waals surface area contributed by atoms with E-state index in [1.54, 1.807) is 48.9 Å². The van der Waals surface area contributed by atoms with E-state index in [1.165, 1.54) is 0 Å². The van der Waals surface area contributed by atoms with E-state index in [1.807, 2.05) is 42.5 Å². The van der Waals surface area contributed by atoms with E-state index in [0.717, 1.165) is 22.2 Å². The van der Waals surface area contributed by atoms with Gasteiger partial charge in [-0.25, -0.2) is 4.79 Å². The van der Waals surface area contributed by atoms with Crippen molar-refractivity contribution in [3.05, 3.63) is 83.4 Å². The molecule has 0 aliphatic carbocycles. The van der Waals surface area contributed by atoms with Crippen molar-refractivity contribution in [2.24, 2.45) is 0 Å². The lowest BCUT2D eigenvalue weighted by atomic mass is 10.1. The molecule has 4 rings (SSSR count). The number of amides is 1. The number of benzene rings is 3. The third kappa shape index (κ3) is 4.36. The van der Waals surface area contributed by atoms with E-state index < -0.39 is 12.0 Å². The van der Waals surface area contributed by atoms with Gasteiger partial charge in [0.1, 0.15) is 11.7 Å². The van der Waals surface area contributed by atoms with Crippen LogP contribution < -0.4 is 5.32 Å². The summed E-state index contributed by atoms with van der Waals surface area (Å²) in [5, 5.41) is 9.09. The Hall–Kier alpha value is -3.64. The monoisotopic (exact) mass is 447 g/mol. The van der Waals surface area contributed by atoms with Gasteiger partial charge in [0.15, 0.2) is 0 Å². The SMILES string of the molecule is CCOC(=O)c1cccc(NC(=O)[C@@H](C)n2nc(-c3ccccc3)c3cc(Cl)ccc32)c1. The molecule has 4 aromatic rings. The second kappa shape index (κ2) is 9.24. The Morgan fingerprint density at radius 2 is 1.84 bits per heavy atom. The fourth-order valence-electron chi connectivity index (χ4n) is 3.51. The number of rotatable bonds is 6. The van der Waals surface area contributed by atoms with Crippen molar-refractivity contribution in [3.63, 3.8) is 0 Å². The molecule has 1 aromatic heterocycles. The summed E-state index contributed by atoms with van der Waals surface area (Å²) in [6, 6.07) is 21.3. The van der Waals surface area contributed by atoms with Gasteiger partial charge in [0.25, 0.3) is 0 Å². The maximum absolute atomic E-state index is 13.1. The zero-order valence-electron chi connectivity index (χ0n) is 17.7. The number of fused-ring (bicyclic) bond motifs is 1. The number of halogens is 1. The Labute approximate surface area is 190 Å². The van der Waals surface area contributed by atoms with Crippen LogP contribution in [0.15, 0.2) is 72.8 Å². The fraction of sp³-hybridized carbons (Fsp3) is 0.160. The highest BCUT2D eigenvalue weighted by Crippen LogP contribution is 2.32. The van der Waals surface area contributed by atoms with Crippen molar-refractivity contribution in [3.8, 4) is 11.3 Å². The molecule has 0 saturated carbocycles. The minimum atomic E-state index is -0.609. The minimum absolute atomic E-state index is 0.259. The van der Waals surface area contributed by atoms with E-state index in [2.05, 4.69) is 5.32 Å². The number of hydrogen-bond donors (Lipinski definition) is 1. The zero-order valence-corrected chi connectivity index (χ0v) is 18.5. The highest BCUT2D eigenvalue weighted by molar-refractivity contribution is 6.31. The van der Waals surface area contributed by atoms with E-state index >= 15 is 0 Å². The van der Waals surface area contributed by atoms with Crippen LogP contribution in [0.3, 0.4) is 0 Å². The van der Waals surface area contributed by atoms with Gasteiger partial charge in [-0.2, -0.15) is 5.10 Å². The first-order valence-electron chi connectivity index (χ1n) is 10.3. The van der Waals surface area contributed by atoms with Crippen LogP contribution in [0.4, 0.5) is 5.69 Å². The van der Waals surface area contributed by atoms with Gasteiger partial charge in [0.2, 0.25) is 5.91 Å². The lowest BCUT2D eigenvalue weighted by Gasteiger charge is -2.14. The summed E-state index contributed by atoms with van der Waals surface area (Å²) in [6.07, 6.45) is 0. The maximum atomic E-state index is 13.1. The number of anilines is 1. The zero-order chi connectivity index (χ0) is 22.7. The van der Waals surface area contributed by atoms with Gasteiger partial charge >= 0.3 is 5.97 Å². The molecule has 7 heteroatoms. The molecule has 0 fully saturated rings. The predicted molar refractivity (Wildman–Crippen MR) is 126 cm³/mol. The standard InChI is InChI=1S/C25H22ClN3O3/c1-3-32-25(31)18-10-7-11-20(14-18)27-24(30)16(2)29-22-13-12-19(26)15-21(22)23(28-29)17-8-5-4-6-9-17/h4-16H,3H2,1-2H3,(H,27,30)/t16-/m1/s1. The fourth-order valence-corrected chi connectivity index (χ4v) is 3.69. The molecular formula is C25H22ClN3O3. The first kappa shape index (κ1) is 21.6. The number of carbonyl (C=O) groups excluding carboxylic acids is 2. The Balaban J connectivity index is 1.66. The molecule has 32 heavy (non-hydrogen) atoms. The Morgan fingerprint density at radius 3 is 2.59 bits per heavy atom. The molecule has 0 unspecified atom stereocenters. The van der Waals surface area contributed by atoms with Crippen LogP contribution in [0.2, 0.25) is 5.02 Å². The summed E-state index contributed by atoms with van der Waals surface area (Å²) >= 11 is 6.25. The van der Waals surface area contributed by atoms with Crippen molar-refractivity contribution in [1.82, 2.24) is 9.78 Å². The van der Waals surface area contributed by atoms with Gasteiger partial charge in [-0.15, -0.1) is 0 Å². The van der Waals surface area contributed by atoms with Crippen molar-refractivity contribution >= 4 is 40.1 Å². The van der Waals surface area contributed by atoms with E-state index in [0.29, 0.717) is 16.3 Å². The molecule has 1 atom stereocenters. The molecule has 0 aliphatic rings. The lowest BCUT2D eigenvalue weighted by molar-refractivity contribution is -0.118. The molecule has 162 valence electrons. The molecule has 0 radical (unpaired) electrons. The first-order valence-corrected chi connectivity index (χ1v) is 10.7. The van der Waals surface area contributed by atoms with Gasteiger partial charge in [-0.1, -0.05) is 48.0 Å². The van der Waals surface area contributed by atoms with E-state index in [9.17, 15) is 9.59 Å². The Morgan fingerprint density at radius 1 is 1.06 bits per heavy atom. The molecule has 1 heterocycles. The van der Waals surface area contributed by atoms with E-state index in [-0.39, 0.29) is 12.5 Å². The number of ether oxygens (including phenoxy) is 1. The van der Waals surface area contributed by atoms with Crippen molar-refractivity contribution in [2.75, 3.05) is 11.9 Å². The molecule has 1 N–H and O–H groups in total. The molecule has 3 aromatic carbocycles. The second-order valence-electron chi connectivity index (χ2n) is 7.29. The molecular weight excluding hydrogens is 426 g/mol. The first-order chi connectivity index (χ1) is 15.5. The number of nitrogens with one attached hydrogen (secondary N) is 1. The largest absolute Gasteiger partial charge is 0.462 e. The summed E-state index contributed by atoms with van der Waals surface area (Å²) in [6.45, 7) is 3.81. The minimum Gasteiger partial charge on any atom is -0.462 e. The number of carbonyl (C=O) groups is 2. The highest BCUT2D eigenvalue weighted by Gasteiger charge is 2.22. The van der Waals surface area contributed by atoms with E-state index in [4.69, 9.17) is 21.4 Å². The quantitative estimate of drug-likeness (QED) is 0.383. The highest BCUT2D eigenvalue weighted by atomic mass is 35.5. The van der Waals surface area contributed by atoms with Crippen LogP contribution >= 0.6 is 11.6 Å². The van der Waals surface area contributed by atoms with Crippen LogP contribution in [0.1, 0.15) is 30.2 Å². The average Bonchev–Trinajstić information content (AvgIpc) is 3.18. The summed E-state index contributed by atoms with van der Waals surface area (Å²) in [4.78, 5) is 25.1. The maximum Gasteiger partial charge on any atom is 0.338 e. The van der Waals surface area contributed by atoms with Gasteiger partial charge in [-0.05, 0) is 50.2 Å². The second-order valence-corrected chi connectivity index (χ2v) is 7.72. The smallest absolute Gasteiger partial charge is 0.338 e. The van der Waals surface area contributed by atoms with Crippen LogP contribution in [-0.4, -0.2) is 28.3 Å². The topological polar surface area (TPSA) is 73.2 Å². The van der Waals surface area contributed by atoms with Gasteiger partial charge in [0, 0.05) is 21.7 Å². The third-order valence-corrected chi connectivity index (χ3v) is 5.34. The van der Waals surface area contributed by atoms with Crippen LogP contribution in [0, 0.1) is 0 Å². The molecule has 0 bridgehead atoms. The van der Waals surface area contributed by atoms with Gasteiger partial charge < -0.3 is 10.1 Å². The molecule has 0 spiro atoms. The van der Waals surface area contributed by atoms with Crippen molar-refractivity contribution < 1.29 is 14.3 Å². The average molecular weight is 448 g/mol. The van der Waals surface area contributed by atoms with Crippen LogP contribution in [0.25, 0.3) is 22.2 Å². The molecule has 1 amide bonds. The summed E-state index contributed by atoms with van der Waals surface area (Å²) < 4.78 is 6.72. The van der Waals surface area contributed by atoms with Crippen molar-refractivity contribution in [2.45, 2.75) is 19.9 Å². The number of esters is 1. The summed E-state index contributed by atoms with van der Waals surface area (Å²) in [5.74, 6) is -0.691. The van der Waals surface area contributed by atoms with Crippen LogP contribution in [0.5, 0.6) is 0 Å². The predicted octanol–water partition coefficient (Wildman–Crippen LogP) is 5.73. The normalized spacial score (nSPS) is 11.8. The molecule has 0 aliphatic heterocycles. The number of nitrogens with zero attached hydrogens (tertiary/aromatic N) is 2. The lowest BCUT2D eigenvalue weighted by Crippen LogP contribution is -2.24. The third-order valence-electron chi connectivity index (χ3n) is 5.10. The summed E-state index contributed by atoms with van der Waals surface area (Å²) in [7, 11) is 0. The summed E-state index contributed by atoms with van der Waals surface area (Å²) in [5.41, 5.74) is 3.38. The number of hydrogen-bond acceptors (Lipinski definition) is 4.